The fraction of sp³-hybridized carbons (Fsp3) is 0.0833. The molecule has 9 aromatic rings. The molecule has 1 unspecified atom stereocenters. The van der Waals surface area contributed by atoms with Gasteiger partial charge in [-0.05, 0) is 57.1 Å². The molecule has 0 bridgehead atoms. The van der Waals surface area contributed by atoms with Crippen LogP contribution in [0.3, 0.4) is 0 Å². The topological polar surface area (TPSA) is 49.9 Å². The lowest BCUT2D eigenvalue weighted by Gasteiger charge is -2.26. The lowest BCUT2D eigenvalue weighted by Crippen LogP contribution is -2.33. The van der Waals surface area contributed by atoms with E-state index in [1.54, 1.807) is 0 Å². The zero-order chi connectivity index (χ0) is 35.3. The Morgan fingerprint density at radius 3 is 2.23 bits per heavy atom. The van der Waals surface area contributed by atoms with Gasteiger partial charge in [-0.2, -0.15) is 0 Å². The van der Waals surface area contributed by atoms with E-state index in [9.17, 15) is 0 Å². The van der Waals surface area contributed by atoms with Gasteiger partial charge in [0, 0.05) is 41.9 Å². The molecule has 2 aliphatic rings. The Hall–Kier alpha value is -6.30. The second-order valence-electron chi connectivity index (χ2n) is 14.6. The number of hydrogen-bond donors (Lipinski definition) is 1. The number of rotatable bonds is 4. The second-order valence-corrected chi connectivity index (χ2v) is 15.6. The van der Waals surface area contributed by atoms with Gasteiger partial charge in [-0.1, -0.05) is 147 Å². The zero-order valence-corrected chi connectivity index (χ0v) is 30.0. The smallest absolute Gasteiger partial charge is 0.159 e. The van der Waals surface area contributed by atoms with Gasteiger partial charge in [-0.15, -0.1) is 11.3 Å². The molecule has 1 atom stereocenters. The van der Waals surface area contributed by atoms with Gasteiger partial charge in [-0.25, -0.2) is 9.98 Å². The molecule has 11 rings (SSSR count). The van der Waals surface area contributed by atoms with E-state index in [4.69, 9.17) is 14.4 Å². The van der Waals surface area contributed by atoms with E-state index >= 15 is 0 Å². The summed E-state index contributed by atoms with van der Waals surface area (Å²) in [5.74, 6) is 1.44. The van der Waals surface area contributed by atoms with Crippen LogP contribution in [0.4, 0.5) is 0 Å². The van der Waals surface area contributed by atoms with Gasteiger partial charge >= 0.3 is 0 Å². The summed E-state index contributed by atoms with van der Waals surface area (Å²) < 4.78 is 9.03. The molecule has 0 saturated carbocycles. The second kappa shape index (κ2) is 11.3. The predicted octanol–water partition coefficient (Wildman–Crippen LogP) is 12.4. The van der Waals surface area contributed by atoms with Crippen LogP contribution in [0.5, 0.6) is 0 Å². The molecule has 0 radical (unpaired) electrons. The highest BCUT2D eigenvalue weighted by Crippen LogP contribution is 2.49. The van der Waals surface area contributed by atoms with E-state index in [0.29, 0.717) is 5.84 Å². The first kappa shape index (κ1) is 30.3. The van der Waals surface area contributed by atoms with Crippen LogP contribution in [0.1, 0.15) is 47.8 Å². The van der Waals surface area contributed by atoms with Crippen molar-refractivity contribution in [2.75, 3.05) is 0 Å². The average Bonchev–Trinajstić information content (AvgIpc) is 3.85. The van der Waals surface area contributed by atoms with Crippen LogP contribution in [0.25, 0.3) is 64.4 Å². The summed E-state index contributed by atoms with van der Waals surface area (Å²) in [7, 11) is 0. The zero-order valence-electron chi connectivity index (χ0n) is 29.2. The van der Waals surface area contributed by atoms with E-state index in [1.807, 2.05) is 23.5 Å². The number of fused-ring (bicyclic) bond motifs is 9. The highest BCUT2D eigenvalue weighted by Gasteiger charge is 2.36. The molecule has 2 aromatic heterocycles. The monoisotopic (exact) mass is 699 g/mol. The van der Waals surface area contributed by atoms with Crippen molar-refractivity contribution in [3.8, 4) is 22.3 Å². The summed E-state index contributed by atoms with van der Waals surface area (Å²) >= 11 is 1.83. The van der Waals surface area contributed by atoms with E-state index in [0.717, 1.165) is 44.5 Å². The third-order valence-corrected chi connectivity index (χ3v) is 12.4. The molecule has 0 spiro atoms. The van der Waals surface area contributed by atoms with Gasteiger partial charge in [0.25, 0.3) is 0 Å². The molecule has 7 aromatic carbocycles. The number of nitrogens with zero attached hydrogens (tertiary/aromatic N) is 2. The summed E-state index contributed by atoms with van der Waals surface area (Å²) in [6, 6.07) is 54.1. The Bertz CT molecular complexity index is 3020. The lowest BCUT2D eigenvalue weighted by atomic mass is 9.82. The number of nitrogens with one attached hydrogen (secondary N) is 1. The minimum absolute atomic E-state index is 0.120. The van der Waals surface area contributed by atoms with Crippen molar-refractivity contribution in [2.45, 2.75) is 25.4 Å². The minimum Gasteiger partial charge on any atom is -0.455 e. The molecule has 1 N–H and O–H groups in total. The van der Waals surface area contributed by atoms with Gasteiger partial charge in [0.05, 0.1) is 5.56 Å². The van der Waals surface area contributed by atoms with Crippen LogP contribution in [-0.4, -0.2) is 11.7 Å². The molecule has 53 heavy (non-hydrogen) atoms. The van der Waals surface area contributed by atoms with Gasteiger partial charge in [0.2, 0.25) is 0 Å². The molecule has 0 saturated heterocycles. The highest BCUT2D eigenvalue weighted by molar-refractivity contribution is 7.26. The molecule has 1 aliphatic carbocycles. The predicted molar refractivity (Wildman–Crippen MR) is 221 cm³/mol. The van der Waals surface area contributed by atoms with Gasteiger partial charge < -0.3 is 9.73 Å². The fourth-order valence-corrected chi connectivity index (χ4v) is 9.77. The number of thiophene rings is 1. The van der Waals surface area contributed by atoms with E-state index in [2.05, 4.69) is 159 Å². The Morgan fingerprint density at radius 2 is 1.32 bits per heavy atom. The third-order valence-electron chi connectivity index (χ3n) is 11.2. The molecular weight excluding hydrogens is 667 g/mol. The Morgan fingerprint density at radius 1 is 0.585 bits per heavy atom. The number of benzene rings is 7. The first-order chi connectivity index (χ1) is 26.0. The van der Waals surface area contributed by atoms with Crippen LogP contribution in [0.2, 0.25) is 0 Å². The maximum absolute atomic E-state index is 6.52. The molecule has 5 heteroatoms. The van der Waals surface area contributed by atoms with Crippen LogP contribution in [-0.2, 0) is 5.41 Å². The fourth-order valence-electron chi connectivity index (χ4n) is 8.49. The third kappa shape index (κ3) is 4.60. The molecule has 3 heterocycles. The summed E-state index contributed by atoms with van der Waals surface area (Å²) in [4.78, 5) is 10.6. The number of aliphatic imine (C=N–C) groups is 2. The maximum Gasteiger partial charge on any atom is 0.159 e. The molecule has 4 nitrogen and oxygen atoms in total. The van der Waals surface area contributed by atoms with E-state index in [-0.39, 0.29) is 11.6 Å². The quantitative estimate of drug-likeness (QED) is 0.199. The van der Waals surface area contributed by atoms with Crippen LogP contribution >= 0.6 is 11.3 Å². The summed E-state index contributed by atoms with van der Waals surface area (Å²) in [5, 5.41) is 8.43. The SMILES string of the molecule is CC1(C)c2ccccc2-c2ccc(C3N=C(c4ccc5c(c4)sc4c(-c6ccccc6)cccc45)N=C(c4cccc5c4oc4ccccc45)N3)cc21. The Labute approximate surface area is 310 Å². The lowest BCUT2D eigenvalue weighted by molar-refractivity contribution is 0.644. The normalized spacial score (nSPS) is 16.1. The van der Waals surface area contributed by atoms with Crippen molar-refractivity contribution in [1.29, 1.82) is 0 Å². The highest BCUT2D eigenvalue weighted by atomic mass is 32.1. The van der Waals surface area contributed by atoms with Crippen LogP contribution in [0, 0.1) is 0 Å². The summed E-state index contributed by atoms with van der Waals surface area (Å²) in [5.41, 5.74) is 12.3. The first-order valence-electron chi connectivity index (χ1n) is 18.1. The van der Waals surface area contributed by atoms with Gasteiger partial charge in [0.1, 0.15) is 23.2 Å². The molecule has 0 amide bonds. The Kier molecular flexibility index (Phi) is 6.50. The Balaban J connectivity index is 1.08. The largest absolute Gasteiger partial charge is 0.455 e. The standard InChI is InChI=1S/C48H33N3OS/c1-48(2)39-20-8-6-14-32(39)33-24-22-29(26-40(33)48)45-49-46(51-47(50-45)38-19-11-17-36-34-15-7-9-21-41(34)52-43(36)38)30-23-25-35-37-18-10-16-31(28-12-4-3-5-13-28)44(37)53-42(35)27-30/h3-27,45H,1-2H3,(H,49,50,51). The summed E-state index contributed by atoms with van der Waals surface area (Å²) in [6.07, 6.45) is -0.357. The van der Waals surface area contributed by atoms with Crippen molar-refractivity contribution < 1.29 is 4.42 Å². The average molecular weight is 700 g/mol. The van der Waals surface area contributed by atoms with Gasteiger partial charge in [-0.3, -0.25) is 0 Å². The molecule has 0 fully saturated rings. The number of furan rings is 1. The molecular formula is C48H33N3OS. The van der Waals surface area contributed by atoms with E-state index < -0.39 is 0 Å². The van der Waals surface area contributed by atoms with E-state index in [1.165, 1.54) is 53.6 Å². The summed E-state index contributed by atoms with van der Waals surface area (Å²) in [6.45, 7) is 4.64. The minimum atomic E-state index is -0.357. The number of hydrogen-bond acceptors (Lipinski definition) is 5. The van der Waals surface area contributed by atoms with Crippen LogP contribution in [0.15, 0.2) is 166 Å². The van der Waals surface area contributed by atoms with Crippen molar-refractivity contribution in [2.24, 2.45) is 9.98 Å². The molecule has 1 aliphatic heterocycles. The molecule has 252 valence electrons. The van der Waals surface area contributed by atoms with Crippen molar-refractivity contribution in [3.63, 3.8) is 0 Å². The van der Waals surface area contributed by atoms with Crippen LogP contribution < -0.4 is 5.32 Å². The first-order valence-corrected chi connectivity index (χ1v) is 18.9. The van der Waals surface area contributed by atoms with Gasteiger partial charge in [0.15, 0.2) is 5.84 Å². The maximum atomic E-state index is 6.52. The van der Waals surface area contributed by atoms with Crippen molar-refractivity contribution >= 4 is 65.1 Å². The van der Waals surface area contributed by atoms with Crippen molar-refractivity contribution in [3.05, 3.63) is 179 Å². The number of para-hydroxylation sites is 2. The number of amidine groups is 2. The van der Waals surface area contributed by atoms with Crippen molar-refractivity contribution in [1.82, 2.24) is 5.32 Å².